The number of amides is 1. The summed E-state index contributed by atoms with van der Waals surface area (Å²) in [4.78, 5) is 21.2. The first-order valence-corrected chi connectivity index (χ1v) is 11.3. The van der Waals surface area contributed by atoms with E-state index in [9.17, 15) is 9.18 Å². The minimum atomic E-state index is -0.238. The third kappa shape index (κ3) is 7.22. The van der Waals surface area contributed by atoms with Gasteiger partial charge in [-0.2, -0.15) is 0 Å². The number of likely N-dealkylation sites (tertiary alicyclic amines) is 1. The van der Waals surface area contributed by atoms with E-state index in [4.69, 9.17) is 0 Å². The van der Waals surface area contributed by atoms with Crippen LogP contribution in [0, 0.1) is 11.7 Å². The molecule has 1 saturated carbocycles. The minimum Gasteiger partial charge on any atom is -0.375 e. The summed E-state index contributed by atoms with van der Waals surface area (Å²) in [6, 6.07) is 5.43. The molecular weight excluding hydrogens is 508 g/mol. The lowest BCUT2D eigenvalue weighted by molar-refractivity contribution is -0.135. The van der Waals surface area contributed by atoms with E-state index in [0.717, 1.165) is 44.5 Å². The third-order valence-corrected chi connectivity index (χ3v) is 6.05. The van der Waals surface area contributed by atoms with Crippen molar-refractivity contribution in [3.63, 3.8) is 0 Å². The molecule has 2 fully saturated rings. The zero-order valence-electron chi connectivity index (χ0n) is 19.0. The van der Waals surface area contributed by atoms with Gasteiger partial charge in [-0.1, -0.05) is 25.3 Å². The van der Waals surface area contributed by atoms with Gasteiger partial charge in [-0.3, -0.25) is 4.79 Å². The number of hydrogen-bond acceptors (Lipinski definition) is 3. The van der Waals surface area contributed by atoms with E-state index in [1.54, 1.807) is 17.0 Å². The van der Waals surface area contributed by atoms with Crippen LogP contribution in [0.4, 0.5) is 10.1 Å². The summed E-state index contributed by atoms with van der Waals surface area (Å²) < 4.78 is 14.2. The normalized spacial score (nSPS) is 19.7. The summed E-state index contributed by atoms with van der Waals surface area (Å²) in [7, 11) is 3.65. The van der Waals surface area contributed by atoms with Crippen LogP contribution in [0.25, 0.3) is 0 Å². The fourth-order valence-corrected chi connectivity index (χ4v) is 4.38. The largest absolute Gasteiger partial charge is 0.375 e. The predicted octanol–water partition coefficient (Wildman–Crippen LogP) is 3.75. The number of hydrogen-bond donors (Lipinski definition) is 2. The molecular formula is C23H37FIN5O. The van der Waals surface area contributed by atoms with E-state index in [1.807, 2.05) is 32.0 Å². The zero-order chi connectivity index (χ0) is 21.5. The number of rotatable bonds is 6. The molecule has 1 aliphatic heterocycles. The highest BCUT2D eigenvalue weighted by Gasteiger charge is 2.31. The van der Waals surface area contributed by atoms with Gasteiger partial charge in [0.2, 0.25) is 5.91 Å². The monoisotopic (exact) mass is 545 g/mol. The second-order valence-corrected chi connectivity index (χ2v) is 8.62. The molecule has 0 spiro atoms. The lowest BCUT2D eigenvalue weighted by Crippen LogP contribution is -2.45. The van der Waals surface area contributed by atoms with Crippen LogP contribution < -0.4 is 15.5 Å². The number of anilines is 1. The number of benzene rings is 1. The van der Waals surface area contributed by atoms with Gasteiger partial charge in [0.1, 0.15) is 5.82 Å². The number of halogens is 2. The van der Waals surface area contributed by atoms with Crippen molar-refractivity contribution >= 4 is 41.5 Å². The molecule has 174 valence electrons. The van der Waals surface area contributed by atoms with E-state index in [0.29, 0.717) is 24.1 Å². The van der Waals surface area contributed by atoms with Crippen LogP contribution in [-0.2, 0) is 11.3 Å². The van der Waals surface area contributed by atoms with Gasteiger partial charge in [0.25, 0.3) is 0 Å². The molecule has 1 aliphatic carbocycles. The van der Waals surface area contributed by atoms with Crippen molar-refractivity contribution in [1.82, 2.24) is 15.5 Å². The first-order chi connectivity index (χ1) is 14.5. The number of guanidine groups is 1. The van der Waals surface area contributed by atoms with Crippen LogP contribution in [0.1, 0.15) is 51.0 Å². The van der Waals surface area contributed by atoms with Gasteiger partial charge in [0.15, 0.2) is 5.96 Å². The minimum absolute atomic E-state index is 0. The molecule has 1 heterocycles. The van der Waals surface area contributed by atoms with Gasteiger partial charge in [0, 0.05) is 45.7 Å². The van der Waals surface area contributed by atoms with Crippen molar-refractivity contribution in [3.05, 3.63) is 29.6 Å². The quantitative estimate of drug-likeness (QED) is 0.325. The molecule has 0 bridgehead atoms. The molecule has 1 amide bonds. The highest BCUT2D eigenvalue weighted by atomic mass is 127. The van der Waals surface area contributed by atoms with Gasteiger partial charge >= 0.3 is 0 Å². The van der Waals surface area contributed by atoms with Crippen molar-refractivity contribution in [2.75, 3.05) is 38.6 Å². The second-order valence-electron chi connectivity index (χ2n) is 8.62. The van der Waals surface area contributed by atoms with Crippen molar-refractivity contribution in [2.24, 2.45) is 10.9 Å². The Labute approximate surface area is 203 Å². The third-order valence-electron chi connectivity index (χ3n) is 6.05. The van der Waals surface area contributed by atoms with E-state index in [1.165, 1.54) is 19.3 Å². The van der Waals surface area contributed by atoms with Crippen LogP contribution in [0.5, 0.6) is 0 Å². The highest BCUT2D eigenvalue weighted by Crippen LogP contribution is 2.26. The van der Waals surface area contributed by atoms with Crippen molar-refractivity contribution < 1.29 is 9.18 Å². The van der Waals surface area contributed by atoms with Crippen LogP contribution in [0.3, 0.4) is 0 Å². The molecule has 1 unspecified atom stereocenters. The predicted molar refractivity (Wildman–Crippen MR) is 136 cm³/mol. The fourth-order valence-electron chi connectivity index (χ4n) is 4.38. The van der Waals surface area contributed by atoms with Gasteiger partial charge < -0.3 is 20.4 Å². The summed E-state index contributed by atoms with van der Waals surface area (Å²) in [5.74, 6) is 1.03. The molecule has 6 nitrogen and oxygen atoms in total. The van der Waals surface area contributed by atoms with E-state index in [2.05, 4.69) is 15.6 Å². The van der Waals surface area contributed by atoms with Crippen molar-refractivity contribution in [3.8, 4) is 0 Å². The number of aliphatic imine (C=N–C) groups is 1. The van der Waals surface area contributed by atoms with Crippen LogP contribution >= 0.6 is 24.0 Å². The Morgan fingerprint density at radius 1 is 1.23 bits per heavy atom. The average Bonchev–Trinajstić information content (AvgIpc) is 3.20. The first-order valence-electron chi connectivity index (χ1n) is 11.3. The average molecular weight is 545 g/mol. The van der Waals surface area contributed by atoms with Crippen LogP contribution in [0.15, 0.2) is 23.2 Å². The molecule has 1 saturated heterocycles. The maximum atomic E-state index is 14.2. The number of carbonyl (C=O) groups excluding carboxylic acids is 1. The Hall–Kier alpha value is -1.58. The standard InChI is InChI=1S/C23H36FN5O.HI/c1-4-25-23(26-15-17-10-11-21(28(2)3)20(24)14-17)27-19-12-13-29(16-19)22(30)18-8-6-5-7-9-18;/h10-11,14,18-19H,4-9,12-13,15-16H2,1-3H3,(H2,25,26,27);1H. The molecule has 2 N–H and O–H groups in total. The highest BCUT2D eigenvalue weighted by molar-refractivity contribution is 14.0. The summed E-state index contributed by atoms with van der Waals surface area (Å²) in [5.41, 5.74) is 1.40. The molecule has 1 aromatic rings. The van der Waals surface area contributed by atoms with Crippen molar-refractivity contribution in [2.45, 2.75) is 58.0 Å². The summed E-state index contributed by atoms with van der Waals surface area (Å²) in [6.45, 7) is 4.71. The summed E-state index contributed by atoms with van der Waals surface area (Å²) >= 11 is 0. The summed E-state index contributed by atoms with van der Waals surface area (Å²) in [5, 5.41) is 6.73. The molecule has 1 aromatic carbocycles. The van der Waals surface area contributed by atoms with Crippen molar-refractivity contribution in [1.29, 1.82) is 0 Å². The molecule has 0 radical (unpaired) electrons. The zero-order valence-corrected chi connectivity index (χ0v) is 21.3. The Kier molecular flexibility index (Phi) is 10.3. The van der Waals surface area contributed by atoms with Crippen LogP contribution in [-0.4, -0.2) is 56.5 Å². The lowest BCUT2D eigenvalue weighted by atomic mass is 9.88. The molecule has 1 atom stereocenters. The first kappa shape index (κ1) is 25.7. The van der Waals surface area contributed by atoms with Gasteiger partial charge in [-0.25, -0.2) is 9.38 Å². The van der Waals surface area contributed by atoms with Gasteiger partial charge in [-0.15, -0.1) is 24.0 Å². The molecule has 31 heavy (non-hydrogen) atoms. The Bertz CT molecular complexity index is 751. The SMILES string of the molecule is CCNC(=NCc1ccc(N(C)C)c(F)c1)NC1CCN(C(=O)C2CCCCC2)C1.I. The maximum Gasteiger partial charge on any atom is 0.225 e. The molecule has 3 rings (SSSR count). The molecule has 0 aromatic heterocycles. The van der Waals surface area contributed by atoms with Gasteiger partial charge in [-0.05, 0) is 43.9 Å². The van der Waals surface area contributed by atoms with Crippen LogP contribution in [0.2, 0.25) is 0 Å². The van der Waals surface area contributed by atoms with E-state index < -0.39 is 0 Å². The summed E-state index contributed by atoms with van der Waals surface area (Å²) in [6.07, 6.45) is 6.63. The lowest BCUT2D eigenvalue weighted by Gasteiger charge is -2.26. The van der Waals surface area contributed by atoms with E-state index in [-0.39, 0.29) is 41.8 Å². The smallest absolute Gasteiger partial charge is 0.225 e. The number of nitrogens with one attached hydrogen (secondary N) is 2. The Morgan fingerprint density at radius 2 is 1.97 bits per heavy atom. The number of carbonyl (C=O) groups is 1. The number of nitrogens with zero attached hydrogens (tertiary/aromatic N) is 3. The topological polar surface area (TPSA) is 60.0 Å². The Morgan fingerprint density at radius 3 is 2.61 bits per heavy atom. The maximum absolute atomic E-state index is 14.2. The molecule has 2 aliphatic rings. The fraction of sp³-hybridized carbons (Fsp3) is 0.652. The van der Waals surface area contributed by atoms with Gasteiger partial charge in [0.05, 0.1) is 12.2 Å². The second kappa shape index (κ2) is 12.5. The Balaban J connectivity index is 0.00000341. The molecule has 8 heteroatoms. The van der Waals surface area contributed by atoms with E-state index >= 15 is 0 Å².